The maximum Gasteiger partial charge on any atom is 0.246 e. The molecule has 0 saturated carbocycles. The Hall–Kier alpha value is -3.20. The molecule has 9 heteroatoms. The maximum atomic E-state index is 12.7. The summed E-state index contributed by atoms with van der Waals surface area (Å²) in [5.41, 5.74) is 1.65. The minimum absolute atomic E-state index is 0.00912. The second-order valence-corrected chi connectivity index (χ2v) is 7.80. The van der Waals surface area contributed by atoms with Crippen molar-refractivity contribution in [3.63, 3.8) is 0 Å². The third kappa shape index (κ3) is 4.80. The fourth-order valence-corrected chi connectivity index (χ4v) is 3.91. The summed E-state index contributed by atoms with van der Waals surface area (Å²) < 4.78 is 0. The van der Waals surface area contributed by atoms with Crippen molar-refractivity contribution in [2.45, 2.75) is 25.7 Å². The Morgan fingerprint density at radius 2 is 2.03 bits per heavy atom. The number of rotatable bonds is 5. The Bertz CT molecular complexity index is 1000. The number of carbonyl (C=O) groups is 1. The highest BCUT2D eigenvalue weighted by Crippen LogP contribution is 2.30. The number of anilines is 2. The van der Waals surface area contributed by atoms with E-state index in [1.807, 2.05) is 17.2 Å². The molecule has 1 saturated heterocycles. The van der Waals surface area contributed by atoms with Gasteiger partial charge in [0.15, 0.2) is 5.82 Å². The van der Waals surface area contributed by atoms with Crippen LogP contribution in [0.1, 0.15) is 35.2 Å². The first-order chi connectivity index (χ1) is 14.2. The summed E-state index contributed by atoms with van der Waals surface area (Å²) in [6, 6.07) is 1.76. The quantitative estimate of drug-likeness (QED) is 0.649. The smallest absolute Gasteiger partial charge is 0.246 e. The molecular weight excluding hydrogens is 386 g/mol. The molecule has 0 aromatic carbocycles. The van der Waals surface area contributed by atoms with Crippen molar-refractivity contribution in [2.24, 2.45) is 0 Å². The number of aryl methyl sites for hydroxylation is 1. The lowest BCUT2D eigenvalue weighted by Crippen LogP contribution is -2.38. The molecule has 1 aliphatic heterocycles. The molecule has 3 aromatic heterocycles. The van der Waals surface area contributed by atoms with Crippen molar-refractivity contribution in [3.05, 3.63) is 58.7 Å². The topological polar surface area (TPSA) is 96.8 Å². The van der Waals surface area contributed by atoms with Crippen molar-refractivity contribution in [1.29, 1.82) is 0 Å². The molecule has 148 valence electrons. The molecule has 4 heterocycles. The van der Waals surface area contributed by atoms with Crippen LogP contribution in [0.15, 0.2) is 42.3 Å². The van der Waals surface area contributed by atoms with Gasteiger partial charge in [-0.25, -0.2) is 19.9 Å². The van der Waals surface area contributed by atoms with Crippen LogP contribution in [-0.4, -0.2) is 48.8 Å². The van der Waals surface area contributed by atoms with Crippen LogP contribution in [-0.2, 0) is 4.79 Å². The molecule has 8 nitrogen and oxygen atoms in total. The van der Waals surface area contributed by atoms with Gasteiger partial charge in [-0.1, -0.05) is 0 Å². The fourth-order valence-electron chi connectivity index (χ4n) is 3.33. The van der Waals surface area contributed by atoms with E-state index in [2.05, 4.69) is 30.2 Å². The molecule has 4 rings (SSSR count). The van der Waals surface area contributed by atoms with Crippen LogP contribution < -0.4 is 5.32 Å². The lowest BCUT2D eigenvalue weighted by Gasteiger charge is -2.32. The van der Waals surface area contributed by atoms with E-state index < -0.39 is 0 Å². The average Bonchev–Trinajstić information content (AvgIpc) is 3.18. The Balaban J connectivity index is 1.47. The lowest BCUT2D eigenvalue weighted by molar-refractivity contribution is -0.127. The summed E-state index contributed by atoms with van der Waals surface area (Å²) in [7, 11) is 0. The molecular formula is C20H21N7OS. The average molecular weight is 408 g/mol. The normalized spacial score (nSPS) is 16.9. The highest BCUT2D eigenvalue weighted by Gasteiger charge is 2.27. The monoisotopic (exact) mass is 407 g/mol. The summed E-state index contributed by atoms with van der Waals surface area (Å²) in [5.74, 6) is 1.19. The van der Waals surface area contributed by atoms with Gasteiger partial charge >= 0.3 is 0 Å². The molecule has 1 N–H and O–H groups in total. The van der Waals surface area contributed by atoms with E-state index in [9.17, 15) is 4.79 Å². The van der Waals surface area contributed by atoms with Gasteiger partial charge in [0.05, 0.1) is 16.4 Å². The first kappa shape index (κ1) is 19.1. The second-order valence-electron chi connectivity index (χ2n) is 6.74. The van der Waals surface area contributed by atoms with E-state index >= 15 is 0 Å². The summed E-state index contributed by atoms with van der Waals surface area (Å²) in [6.07, 6.45) is 11.9. The number of nitrogens with one attached hydrogen (secondary N) is 1. The van der Waals surface area contributed by atoms with E-state index in [0.29, 0.717) is 18.3 Å². The minimum atomic E-state index is -0.00912. The van der Waals surface area contributed by atoms with Gasteiger partial charge in [0.1, 0.15) is 0 Å². The number of likely N-dealkylation sites (tertiary alicyclic amines) is 1. The molecule has 0 bridgehead atoms. The number of hydrogen-bond donors (Lipinski definition) is 1. The van der Waals surface area contributed by atoms with Crippen LogP contribution >= 0.6 is 11.3 Å². The van der Waals surface area contributed by atoms with Crippen molar-refractivity contribution >= 4 is 35.1 Å². The van der Waals surface area contributed by atoms with Crippen molar-refractivity contribution in [1.82, 2.24) is 29.8 Å². The van der Waals surface area contributed by atoms with Crippen LogP contribution in [0.25, 0.3) is 6.08 Å². The van der Waals surface area contributed by atoms with Gasteiger partial charge in [0, 0.05) is 55.3 Å². The standard InChI is InChI=1S/C20H21N7OS/c1-14-25-16(13-29-14)5-6-17(28)27-11-2-4-15(12-27)18-19(22-10-9-21-18)26-20-23-7-3-8-24-20/h3,5-10,13,15H,2,4,11-12H2,1H3,(H,22,23,24,26)/b6-5+/t15-/m1/s1. The number of amides is 1. The van der Waals surface area contributed by atoms with Gasteiger partial charge in [-0.15, -0.1) is 11.3 Å². The van der Waals surface area contributed by atoms with Gasteiger partial charge in [0.2, 0.25) is 11.9 Å². The lowest BCUT2D eigenvalue weighted by atomic mass is 9.94. The number of nitrogens with zero attached hydrogens (tertiary/aromatic N) is 6. The number of piperidine rings is 1. The summed E-state index contributed by atoms with van der Waals surface area (Å²) in [5, 5.41) is 6.07. The van der Waals surface area contributed by atoms with Gasteiger partial charge in [0.25, 0.3) is 0 Å². The molecule has 0 radical (unpaired) electrons. The van der Waals surface area contributed by atoms with Crippen molar-refractivity contribution in [2.75, 3.05) is 18.4 Å². The SMILES string of the molecule is Cc1nc(/C=C/C(=O)N2CCC[C@@H](c3nccnc3Nc3ncccn3)C2)cs1. The summed E-state index contributed by atoms with van der Waals surface area (Å²) in [6.45, 7) is 3.29. The Morgan fingerprint density at radius 1 is 1.21 bits per heavy atom. The zero-order chi connectivity index (χ0) is 20.1. The van der Waals surface area contributed by atoms with Crippen LogP contribution in [0.3, 0.4) is 0 Å². The third-order valence-electron chi connectivity index (χ3n) is 4.68. The largest absolute Gasteiger partial charge is 0.338 e. The molecule has 0 aliphatic carbocycles. The van der Waals surface area contributed by atoms with Crippen LogP contribution in [0, 0.1) is 6.92 Å². The molecule has 1 amide bonds. The third-order valence-corrected chi connectivity index (χ3v) is 5.47. The van der Waals surface area contributed by atoms with Crippen LogP contribution in [0.5, 0.6) is 0 Å². The second kappa shape index (κ2) is 8.87. The summed E-state index contributed by atoms with van der Waals surface area (Å²) >= 11 is 1.57. The zero-order valence-corrected chi connectivity index (χ0v) is 16.8. The molecule has 1 aliphatic rings. The molecule has 0 unspecified atom stereocenters. The van der Waals surface area contributed by atoms with E-state index in [1.165, 1.54) is 0 Å². The first-order valence-corrected chi connectivity index (χ1v) is 10.3. The van der Waals surface area contributed by atoms with Gasteiger partial charge < -0.3 is 10.2 Å². The fraction of sp³-hybridized carbons (Fsp3) is 0.300. The predicted octanol–water partition coefficient (Wildman–Crippen LogP) is 3.19. The number of hydrogen-bond acceptors (Lipinski definition) is 8. The van der Waals surface area contributed by atoms with Gasteiger partial charge in [-0.05, 0) is 31.9 Å². The zero-order valence-electron chi connectivity index (χ0n) is 16.0. The molecule has 0 spiro atoms. The first-order valence-electron chi connectivity index (χ1n) is 9.43. The molecule has 3 aromatic rings. The predicted molar refractivity (Wildman–Crippen MR) is 112 cm³/mol. The highest BCUT2D eigenvalue weighted by atomic mass is 32.1. The number of aromatic nitrogens is 5. The summed E-state index contributed by atoms with van der Waals surface area (Å²) in [4.78, 5) is 36.2. The highest BCUT2D eigenvalue weighted by molar-refractivity contribution is 7.09. The molecule has 1 atom stereocenters. The Kier molecular flexibility index (Phi) is 5.85. The molecule has 1 fully saturated rings. The van der Waals surface area contributed by atoms with Gasteiger partial charge in [-0.2, -0.15) is 0 Å². The Labute approximate surface area is 172 Å². The van der Waals surface area contributed by atoms with Crippen LogP contribution in [0.4, 0.5) is 11.8 Å². The number of carbonyl (C=O) groups excluding carboxylic acids is 1. The number of thiazole rings is 1. The molecule has 29 heavy (non-hydrogen) atoms. The van der Waals surface area contributed by atoms with E-state index in [0.717, 1.165) is 35.8 Å². The Morgan fingerprint density at radius 3 is 2.83 bits per heavy atom. The van der Waals surface area contributed by atoms with E-state index in [-0.39, 0.29) is 11.8 Å². The van der Waals surface area contributed by atoms with Crippen LogP contribution in [0.2, 0.25) is 0 Å². The van der Waals surface area contributed by atoms with E-state index in [1.54, 1.807) is 54.3 Å². The van der Waals surface area contributed by atoms with Crippen molar-refractivity contribution < 1.29 is 4.79 Å². The van der Waals surface area contributed by atoms with Crippen molar-refractivity contribution in [3.8, 4) is 0 Å². The maximum absolute atomic E-state index is 12.7. The minimum Gasteiger partial charge on any atom is -0.338 e. The van der Waals surface area contributed by atoms with E-state index in [4.69, 9.17) is 0 Å². The van der Waals surface area contributed by atoms with Gasteiger partial charge in [-0.3, -0.25) is 9.78 Å².